The number of hydrogen-bond donors (Lipinski definition) is 2. The summed E-state index contributed by atoms with van der Waals surface area (Å²) in [6.45, 7) is 17.9. The normalized spacial score (nSPS) is 14.9. The van der Waals surface area contributed by atoms with Crippen molar-refractivity contribution in [2.75, 3.05) is 26.2 Å². The van der Waals surface area contributed by atoms with E-state index in [0.29, 0.717) is 19.0 Å². The van der Waals surface area contributed by atoms with Crippen LogP contribution in [0.5, 0.6) is 5.75 Å². The third-order valence-corrected chi connectivity index (χ3v) is 6.88. The highest BCUT2D eigenvalue weighted by atomic mass is 16.6. The first-order valence-electron chi connectivity index (χ1n) is 13.1. The van der Waals surface area contributed by atoms with E-state index in [4.69, 9.17) is 4.74 Å². The average Bonchev–Trinajstić information content (AvgIpc) is 3.20. The number of benzene rings is 2. The van der Waals surface area contributed by atoms with Crippen LogP contribution in [-0.2, 0) is 11.3 Å². The summed E-state index contributed by atoms with van der Waals surface area (Å²) in [4.78, 5) is 16.5. The van der Waals surface area contributed by atoms with Crippen LogP contribution in [-0.4, -0.2) is 63.0 Å². The van der Waals surface area contributed by atoms with Gasteiger partial charge >= 0.3 is 6.09 Å². The van der Waals surface area contributed by atoms with Crippen LogP contribution in [0.3, 0.4) is 0 Å². The van der Waals surface area contributed by atoms with Gasteiger partial charge in [0.15, 0.2) is 0 Å². The molecule has 0 aliphatic carbocycles. The molecule has 0 saturated carbocycles. The monoisotopic (exact) mass is 504 g/mol. The second-order valence-electron chi connectivity index (χ2n) is 11.4. The molecular weight excluding hydrogens is 464 g/mol. The SMILES string of the molecule is Cc1cc(O)c(-c2n[nH]c(C)c2-c2ccc(CN3CCN(C(=O)OC(C)(C)C)CC3)cc2)cc1C(C)C. The van der Waals surface area contributed by atoms with Crippen molar-refractivity contribution in [3.63, 3.8) is 0 Å². The molecule has 3 aromatic rings. The number of amides is 1. The van der Waals surface area contributed by atoms with E-state index < -0.39 is 5.60 Å². The molecule has 7 heteroatoms. The molecule has 7 nitrogen and oxygen atoms in total. The lowest BCUT2D eigenvalue weighted by molar-refractivity contribution is 0.0139. The topological polar surface area (TPSA) is 81.7 Å². The van der Waals surface area contributed by atoms with Gasteiger partial charge in [0.1, 0.15) is 17.0 Å². The Balaban J connectivity index is 1.47. The molecule has 0 bridgehead atoms. The van der Waals surface area contributed by atoms with Crippen LogP contribution in [0.1, 0.15) is 62.9 Å². The van der Waals surface area contributed by atoms with Crippen molar-refractivity contribution in [2.45, 2.75) is 66.5 Å². The number of nitrogens with zero attached hydrogens (tertiary/aromatic N) is 3. The Labute approximate surface area is 220 Å². The number of phenolic OH excluding ortho intramolecular Hbond substituents is 1. The molecule has 2 heterocycles. The van der Waals surface area contributed by atoms with Gasteiger partial charge in [0.25, 0.3) is 0 Å². The minimum atomic E-state index is -0.474. The fourth-order valence-corrected chi connectivity index (χ4v) is 4.95. The first-order valence-corrected chi connectivity index (χ1v) is 13.1. The van der Waals surface area contributed by atoms with Gasteiger partial charge in [-0.1, -0.05) is 38.1 Å². The predicted molar refractivity (Wildman–Crippen MR) is 148 cm³/mol. The van der Waals surface area contributed by atoms with Crippen molar-refractivity contribution >= 4 is 6.09 Å². The van der Waals surface area contributed by atoms with Crippen LogP contribution in [0, 0.1) is 13.8 Å². The number of aromatic amines is 1. The number of rotatable bonds is 5. The Morgan fingerprint density at radius 2 is 1.73 bits per heavy atom. The van der Waals surface area contributed by atoms with E-state index in [9.17, 15) is 9.90 Å². The fraction of sp³-hybridized carbons (Fsp3) is 0.467. The molecule has 2 N–H and O–H groups in total. The molecule has 1 aliphatic heterocycles. The second-order valence-corrected chi connectivity index (χ2v) is 11.4. The van der Waals surface area contributed by atoms with Gasteiger partial charge in [-0.15, -0.1) is 0 Å². The van der Waals surface area contributed by atoms with Gasteiger partial charge < -0.3 is 14.7 Å². The van der Waals surface area contributed by atoms with E-state index in [2.05, 4.69) is 59.3 Å². The number of piperazine rings is 1. The number of phenols is 1. The minimum Gasteiger partial charge on any atom is -0.507 e. The van der Waals surface area contributed by atoms with Crippen molar-refractivity contribution in [1.29, 1.82) is 0 Å². The summed E-state index contributed by atoms with van der Waals surface area (Å²) in [6, 6.07) is 12.5. The third kappa shape index (κ3) is 6.16. The van der Waals surface area contributed by atoms with E-state index in [1.54, 1.807) is 4.90 Å². The Bertz CT molecular complexity index is 1250. The van der Waals surface area contributed by atoms with Crippen molar-refractivity contribution in [1.82, 2.24) is 20.0 Å². The molecule has 0 atom stereocenters. The molecule has 37 heavy (non-hydrogen) atoms. The van der Waals surface area contributed by atoms with E-state index in [1.807, 2.05) is 40.7 Å². The zero-order valence-corrected chi connectivity index (χ0v) is 23.2. The van der Waals surface area contributed by atoms with Crippen LogP contribution >= 0.6 is 0 Å². The number of aromatic hydroxyl groups is 1. The molecule has 2 aromatic carbocycles. The van der Waals surface area contributed by atoms with Crippen LogP contribution < -0.4 is 0 Å². The number of aryl methyl sites for hydroxylation is 2. The molecule has 1 aliphatic rings. The fourth-order valence-electron chi connectivity index (χ4n) is 4.95. The Morgan fingerprint density at radius 1 is 1.08 bits per heavy atom. The maximum absolute atomic E-state index is 12.3. The third-order valence-electron chi connectivity index (χ3n) is 6.88. The van der Waals surface area contributed by atoms with Crippen molar-refractivity contribution < 1.29 is 14.6 Å². The van der Waals surface area contributed by atoms with Crippen molar-refractivity contribution in [3.05, 3.63) is 58.8 Å². The molecule has 1 fully saturated rings. The largest absolute Gasteiger partial charge is 0.507 e. The molecule has 1 saturated heterocycles. The lowest BCUT2D eigenvalue weighted by Gasteiger charge is -2.35. The molecule has 1 aromatic heterocycles. The second kappa shape index (κ2) is 10.6. The lowest BCUT2D eigenvalue weighted by Crippen LogP contribution is -2.49. The van der Waals surface area contributed by atoms with E-state index >= 15 is 0 Å². The first kappa shape index (κ1) is 26.7. The summed E-state index contributed by atoms with van der Waals surface area (Å²) in [5.41, 5.74) is 7.59. The van der Waals surface area contributed by atoms with E-state index in [0.717, 1.165) is 53.3 Å². The Morgan fingerprint density at radius 3 is 2.32 bits per heavy atom. The molecule has 0 radical (unpaired) electrons. The molecule has 198 valence electrons. The molecule has 1 amide bonds. The molecule has 0 unspecified atom stereocenters. The summed E-state index contributed by atoms with van der Waals surface area (Å²) in [6.07, 6.45) is -0.233. The molecule has 4 rings (SSSR count). The number of H-pyrrole nitrogens is 1. The highest BCUT2D eigenvalue weighted by Crippen LogP contribution is 2.39. The van der Waals surface area contributed by atoms with E-state index in [-0.39, 0.29) is 11.8 Å². The minimum absolute atomic E-state index is 0.233. The summed E-state index contributed by atoms with van der Waals surface area (Å²) in [7, 11) is 0. The van der Waals surface area contributed by atoms with Gasteiger partial charge in [0, 0.05) is 49.5 Å². The Hall–Kier alpha value is -3.32. The van der Waals surface area contributed by atoms with Gasteiger partial charge in [-0.05, 0) is 74.9 Å². The highest BCUT2D eigenvalue weighted by Gasteiger charge is 2.26. The van der Waals surface area contributed by atoms with Gasteiger partial charge in [0.05, 0.1) is 0 Å². The quantitative estimate of drug-likeness (QED) is 0.430. The number of hydrogen-bond acceptors (Lipinski definition) is 5. The van der Waals surface area contributed by atoms with Gasteiger partial charge in [-0.3, -0.25) is 10.00 Å². The summed E-state index contributed by atoms with van der Waals surface area (Å²) >= 11 is 0. The van der Waals surface area contributed by atoms with Crippen molar-refractivity contribution in [3.8, 4) is 28.1 Å². The number of nitrogens with one attached hydrogen (secondary N) is 1. The van der Waals surface area contributed by atoms with Gasteiger partial charge in [-0.2, -0.15) is 5.10 Å². The van der Waals surface area contributed by atoms with Crippen LogP contribution in [0.25, 0.3) is 22.4 Å². The van der Waals surface area contributed by atoms with Crippen LogP contribution in [0.15, 0.2) is 36.4 Å². The molecular formula is C30H40N4O3. The summed E-state index contributed by atoms with van der Waals surface area (Å²) in [5.74, 6) is 0.602. The highest BCUT2D eigenvalue weighted by molar-refractivity contribution is 5.85. The molecule has 0 spiro atoms. The number of ether oxygens (including phenoxy) is 1. The number of carbonyl (C=O) groups excluding carboxylic acids is 1. The lowest BCUT2D eigenvalue weighted by atomic mass is 9.91. The zero-order chi connectivity index (χ0) is 26.9. The van der Waals surface area contributed by atoms with Gasteiger partial charge in [-0.25, -0.2) is 4.79 Å². The van der Waals surface area contributed by atoms with Gasteiger partial charge in [0.2, 0.25) is 0 Å². The summed E-state index contributed by atoms with van der Waals surface area (Å²) in [5, 5.41) is 18.5. The smallest absolute Gasteiger partial charge is 0.410 e. The van der Waals surface area contributed by atoms with Crippen LogP contribution in [0.2, 0.25) is 0 Å². The maximum Gasteiger partial charge on any atom is 0.410 e. The van der Waals surface area contributed by atoms with E-state index in [1.165, 1.54) is 11.1 Å². The number of carbonyl (C=O) groups is 1. The number of aromatic nitrogens is 2. The average molecular weight is 505 g/mol. The Kier molecular flexibility index (Phi) is 7.64. The van der Waals surface area contributed by atoms with Crippen molar-refractivity contribution in [2.24, 2.45) is 0 Å². The maximum atomic E-state index is 12.3. The standard InChI is InChI=1S/C30H40N4O3/c1-19(2)24-17-25(26(35)16-20(24)3)28-27(21(4)31-32-28)23-10-8-22(9-11-23)18-33-12-14-34(15-13-33)29(36)37-30(5,6)7/h8-11,16-17,19,35H,12-15,18H2,1-7H3,(H,31,32). The summed E-state index contributed by atoms with van der Waals surface area (Å²) < 4.78 is 5.51. The predicted octanol–water partition coefficient (Wildman–Crippen LogP) is 6.24. The van der Waals surface area contributed by atoms with Crippen LogP contribution in [0.4, 0.5) is 4.79 Å². The first-order chi connectivity index (χ1) is 17.4. The zero-order valence-electron chi connectivity index (χ0n) is 23.2.